The predicted molar refractivity (Wildman–Crippen MR) is 68.2 cm³/mol. The fourth-order valence-electron chi connectivity index (χ4n) is 1.88. The Kier molecular flexibility index (Phi) is 3.32. The quantitative estimate of drug-likeness (QED) is 0.796. The van der Waals surface area contributed by atoms with E-state index in [0.29, 0.717) is 6.61 Å². The molecule has 0 spiro atoms. The van der Waals surface area contributed by atoms with E-state index in [2.05, 4.69) is 10.3 Å². The van der Waals surface area contributed by atoms with Crippen LogP contribution in [0.5, 0.6) is 0 Å². The van der Waals surface area contributed by atoms with Gasteiger partial charge in [-0.15, -0.1) is 0 Å². The van der Waals surface area contributed by atoms with Gasteiger partial charge in [-0.2, -0.15) is 0 Å². The van der Waals surface area contributed by atoms with Crippen LogP contribution in [0, 0.1) is 6.92 Å². The number of aryl methyl sites for hydroxylation is 1. The van der Waals surface area contributed by atoms with Crippen molar-refractivity contribution in [3.63, 3.8) is 0 Å². The molecule has 2 N–H and O–H groups in total. The van der Waals surface area contributed by atoms with Gasteiger partial charge in [-0.3, -0.25) is 4.79 Å². The molecule has 90 valence electrons. The molecular formula is C13H16N2O2. The lowest BCUT2D eigenvalue weighted by Gasteiger charge is -2.05. The Labute approximate surface area is 100.0 Å². The Balaban J connectivity index is 2.18. The Morgan fingerprint density at radius 2 is 2.18 bits per heavy atom. The molecule has 4 heteroatoms. The highest BCUT2D eigenvalue weighted by Gasteiger charge is 2.09. The van der Waals surface area contributed by atoms with Gasteiger partial charge >= 0.3 is 5.97 Å². The standard InChI is InChI=1S/C13H16N2O2/c1-3-17-12(16)8-14-13-9(2)15-11-7-5-4-6-10(11)13/h4-7,14-15H,3,8H2,1-2H3. The number of hydrogen-bond donors (Lipinski definition) is 2. The number of aromatic nitrogens is 1. The van der Waals surface area contributed by atoms with Crippen molar-refractivity contribution in [1.29, 1.82) is 0 Å². The Hall–Kier alpha value is -1.97. The number of fused-ring (bicyclic) bond motifs is 1. The van der Waals surface area contributed by atoms with Gasteiger partial charge in [-0.25, -0.2) is 0 Å². The highest BCUT2D eigenvalue weighted by Crippen LogP contribution is 2.26. The Morgan fingerprint density at radius 3 is 2.94 bits per heavy atom. The number of nitrogens with one attached hydrogen (secondary N) is 2. The molecule has 0 atom stereocenters. The fourth-order valence-corrected chi connectivity index (χ4v) is 1.88. The molecule has 1 aromatic carbocycles. The lowest BCUT2D eigenvalue weighted by atomic mass is 10.2. The van der Waals surface area contributed by atoms with E-state index in [1.165, 1.54) is 0 Å². The molecule has 0 unspecified atom stereocenters. The van der Waals surface area contributed by atoms with Gasteiger partial charge in [0.2, 0.25) is 0 Å². The van der Waals surface area contributed by atoms with Gasteiger partial charge in [-0.1, -0.05) is 18.2 Å². The molecule has 0 saturated carbocycles. The van der Waals surface area contributed by atoms with Crippen LogP contribution in [0.1, 0.15) is 12.6 Å². The lowest BCUT2D eigenvalue weighted by Crippen LogP contribution is -2.16. The number of hydrogen-bond acceptors (Lipinski definition) is 3. The minimum absolute atomic E-state index is 0.191. The second-order valence-electron chi connectivity index (χ2n) is 3.83. The predicted octanol–water partition coefficient (Wildman–Crippen LogP) is 2.45. The van der Waals surface area contributed by atoms with Crippen molar-refractivity contribution in [2.24, 2.45) is 0 Å². The largest absolute Gasteiger partial charge is 0.465 e. The van der Waals surface area contributed by atoms with Gasteiger partial charge in [0, 0.05) is 16.6 Å². The molecule has 0 bridgehead atoms. The zero-order chi connectivity index (χ0) is 12.3. The average molecular weight is 232 g/mol. The third-order valence-electron chi connectivity index (χ3n) is 2.61. The van der Waals surface area contributed by atoms with Crippen molar-refractivity contribution in [2.45, 2.75) is 13.8 Å². The van der Waals surface area contributed by atoms with Gasteiger partial charge in [0.05, 0.1) is 12.3 Å². The summed E-state index contributed by atoms with van der Waals surface area (Å²) in [6.45, 7) is 4.38. The first-order valence-electron chi connectivity index (χ1n) is 5.69. The normalized spacial score (nSPS) is 10.5. The molecule has 1 aromatic heterocycles. The summed E-state index contributed by atoms with van der Waals surface area (Å²) < 4.78 is 4.88. The molecule has 4 nitrogen and oxygen atoms in total. The third-order valence-corrected chi connectivity index (χ3v) is 2.61. The molecule has 0 aliphatic carbocycles. The number of rotatable bonds is 4. The second kappa shape index (κ2) is 4.91. The van der Waals surface area contributed by atoms with E-state index in [-0.39, 0.29) is 12.5 Å². The molecule has 0 amide bonds. The number of carbonyl (C=O) groups is 1. The number of carbonyl (C=O) groups excluding carboxylic acids is 1. The van der Waals surface area contributed by atoms with E-state index in [1.54, 1.807) is 6.92 Å². The first kappa shape index (κ1) is 11.5. The summed E-state index contributed by atoms with van der Waals surface area (Å²) in [5, 5.41) is 4.21. The number of anilines is 1. The van der Waals surface area contributed by atoms with Crippen molar-refractivity contribution in [3.05, 3.63) is 30.0 Å². The number of aromatic amines is 1. The zero-order valence-electron chi connectivity index (χ0n) is 10.0. The zero-order valence-corrected chi connectivity index (χ0v) is 10.0. The lowest BCUT2D eigenvalue weighted by molar-refractivity contribution is -0.140. The summed E-state index contributed by atoms with van der Waals surface area (Å²) in [6, 6.07) is 7.99. The summed E-state index contributed by atoms with van der Waals surface area (Å²) in [4.78, 5) is 14.6. The topological polar surface area (TPSA) is 54.1 Å². The van der Waals surface area contributed by atoms with E-state index in [0.717, 1.165) is 22.3 Å². The molecule has 0 aliphatic rings. The maximum atomic E-state index is 11.3. The molecule has 0 fully saturated rings. The van der Waals surface area contributed by atoms with Gasteiger partial charge in [-0.05, 0) is 19.9 Å². The van der Waals surface area contributed by atoms with E-state index in [4.69, 9.17) is 4.74 Å². The van der Waals surface area contributed by atoms with Gasteiger partial charge < -0.3 is 15.0 Å². The summed E-state index contributed by atoms with van der Waals surface area (Å²) in [7, 11) is 0. The van der Waals surface area contributed by atoms with Gasteiger partial charge in [0.15, 0.2) is 0 Å². The highest BCUT2D eigenvalue weighted by atomic mass is 16.5. The van der Waals surface area contributed by atoms with Crippen molar-refractivity contribution in [3.8, 4) is 0 Å². The average Bonchev–Trinajstić information content (AvgIpc) is 2.62. The number of esters is 1. The fraction of sp³-hybridized carbons (Fsp3) is 0.308. The maximum Gasteiger partial charge on any atom is 0.325 e. The van der Waals surface area contributed by atoms with Crippen molar-refractivity contribution >= 4 is 22.6 Å². The van der Waals surface area contributed by atoms with Crippen LogP contribution >= 0.6 is 0 Å². The van der Waals surface area contributed by atoms with Crippen LogP contribution in [0.3, 0.4) is 0 Å². The molecule has 2 aromatic rings. The van der Waals surface area contributed by atoms with Crippen LogP contribution in [-0.2, 0) is 9.53 Å². The maximum absolute atomic E-state index is 11.3. The number of H-pyrrole nitrogens is 1. The highest BCUT2D eigenvalue weighted by molar-refractivity contribution is 5.95. The van der Waals surface area contributed by atoms with E-state index >= 15 is 0 Å². The van der Waals surface area contributed by atoms with E-state index in [9.17, 15) is 4.79 Å². The van der Waals surface area contributed by atoms with Crippen LogP contribution < -0.4 is 5.32 Å². The molecule has 0 aliphatic heterocycles. The van der Waals surface area contributed by atoms with Crippen LogP contribution in [0.4, 0.5) is 5.69 Å². The molecule has 17 heavy (non-hydrogen) atoms. The van der Waals surface area contributed by atoms with E-state index in [1.807, 2.05) is 31.2 Å². The monoisotopic (exact) mass is 232 g/mol. The minimum atomic E-state index is -0.239. The summed E-state index contributed by atoms with van der Waals surface area (Å²) >= 11 is 0. The van der Waals surface area contributed by atoms with Crippen LogP contribution in [0.2, 0.25) is 0 Å². The molecule has 0 saturated heterocycles. The van der Waals surface area contributed by atoms with Crippen molar-refractivity contribution in [1.82, 2.24) is 4.98 Å². The molecular weight excluding hydrogens is 216 g/mol. The van der Waals surface area contributed by atoms with Gasteiger partial charge in [0.1, 0.15) is 6.54 Å². The summed E-state index contributed by atoms with van der Waals surface area (Å²) in [5.41, 5.74) is 3.06. The third kappa shape index (κ3) is 2.41. The smallest absolute Gasteiger partial charge is 0.325 e. The van der Waals surface area contributed by atoms with Crippen LogP contribution in [0.15, 0.2) is 24.3 Å². The van der Waals surface area contributed by atoms with Crippen molar-refractivity contribution < 1.29 is 9.53 Å². The summed E-state index contributed by atoms with van der Waals surface area (Å²) in [5.74, 6) is -0.239. The van der Waals surface area contributed by atoms with Crippen molar-refractivity contribution in [2.75, 3.05) is 18.5 Å². The number of ether oxygens (including phenoxy) is 1. The van der Waals surface area contributed by atoms with Crippen LogP contribution in [0.25, 0.3) is 10.9 Å². The number of benzene rings is 1. The minimum Gasteiger partial charge on any atom is -0.465 e. The Morgan fingerprint density at radius 1 is 1.41 bits per heavy atom. The second-order valence-corrected chi connectivity index (χ2v) is 3.83. The molecule has 2 rings (SSSR count). The SMILES string of the molecule is CCOC(=O)CNc1c(C)[nH]c2ccccc12. The number of para-hydroxylation sites is 1. The summed E-state index contributed by atoms with van der Waals surface area (Å²) in [6.07, 6.45) is 0. The molecule has 1 heterocycles. The van der Waals surface area contributed by atoms with E-state index < -0.39 is 0 Å². The first-order valence-corrected chi connectivity index (χ1v) is 5.69. The van der Waals surface area contributed by atoms with Crippen LogP contribution in [-0.4, -0.2) is 24.1 Å². The Bertz CT molecular complexity index is 531. The first-order chi connectivity index (χ1) is 8.22. The van der Waals surface area contributed by atoms with Gasteiger partial charge in [0.25, 0.3) is 0 Å². The molecule has 0 radical (unpaired) electrons.